The predicted octanol–water partition coefficient (Wildman–Crippen LogP) is 3.56. The minimum absolute atomic E-state index is 0.194. The summed E-state index contributed by atoms with van der Waals surface area (Å²) in [5, 5.41) is 0. The van der Waals surface area contributed by atoms with Gasteiger partial charge in [-0.15, -0.1) is 0 Å². The number of benzene rings is 1. The fourth-order valence-electron chi connectivity index (χ4n) is 1.50. The van der Waals surface area contributed by atoms with Crippen LogP contribution in [0.5, 0.6) is 5.75 Å². The van der Waals surface area contributed by atoms with E-state index in [1.165, 1.54) is 11.1 Å². The van der Waals surface area contributed by atoms with Gasteiger partial charge in [0.2, 0.25) is 0 Å². The minimum atomic E-state index is 0.194. The third-order valence-corrected chi connectivity index (χ3v) is 2.53. The Balaban J connectivity index is 3.14. The topological polar surface area (TPSA) is 9.23 Å². The molecule has 1 heteroatoms. The monoisotopic (exact) mass is 192 g/mol. The highest BCUT2D eigenvalue weighted by Crippen LogP contribution is 2.28. The minimum Gasteiger partial charge on any atom is -0.496 e. The maximum Gasteiger partial charge on any atom is 0.122 e. The van der Waals surface area contributed by atoms with E-state index < -0.39 is 0 Å². The molecular weight excluding hydrogens is 172 g/mol. The normalized spacial score (nSPS) is 11.5. The van der Waals surface area contributed by atoms with E-state index in [2.05, 4.69) is 45.9 Å². The van der Waals surface area contributed by atoms with Crippen molar-refractivity contribution >= 4 is 0 Å². The van der Waals surface area contributed by atoms with Crippen LogP contribution >= 0.6 is 0 Å². The van der Waals surface area contributed by atoms with Crippen molar-refractivity contribution in [2.24, 2.45) is 0 Å². The van der Waals surface area contributed by atoms with Gasteiger partial charge in [-0.2, -0.15) is 0 Å². The number of ether oxygens (including phenoxy) is 1. The summed E-state index contributed by atoms with van der Waals surface area (Å²) in [6.07, 6.45) is 1.02. The molecule has 0 aromatic heterocycles. The van der Waals surface area contributed by atoms with Crippen molar-refractivity contribution < 1.29 is 4.74 Å². The van der Waals surface area contributed by atoms with E-state index in [4.69, 9.17) is 4.74 Å². The Bertz CT molecular complexity index is 308. The van der Waals surface area contributed by atoms with Gasteiger partial charge in [-0.25, -0.2) is 0 Å². The van der Waals surface area contributed by atoms with Gasteiger partial charge in [0.05, 0.1) is 7.11 Å². The number of hydrogen-bond acceptors (Lipinski definition) is 1. The second-order valence-corrected chi connectivity index (χ2v) is 4.63. The molecule has 0 aliphatic heterocycles. The predicted molar refractivity (Wildman–Crippen MR) is 61.1 cm³/mol. The van der Waals surface area contributed by atoms with Crippen molar-refractivity contribution in [3.8, 4) is 5.75 Å². The molecule has 0 radical (unpaired) electrons. The fraction of sp³-hybridized carbons (Fsp3) is 0.538. The molecule has 78 valence electrons. The van der Waals surface area contributed by atoms with Gasteiger partial charge in [-0.1, -0.05) is 39.8 Å². The molecule has 0 saturated carbocycles. The third kappa shape index (κ3) is 2.28. The molecule has 0 amide bonds. The Morgan fingerprint density at radius 1 is 1.21 bits per heavy atom. The van der Waals surface area contributed by atoms with E-state index >= 15 is 0 Å². The SMILES string of the molecule is CCc1ccc(C(C)(C)C)cc1OC. The zero-order valence-electron chi connectivity index (χ0n) is 9.85. The van der Waals surface area contributed by atoms with Crippen LogP contribution in [0.3, 0.4) is 0 Å². The first kappa shape index (κ1) is 11.1. The highest BCUT2D eigenvalue weighted by molar-refractivity contribution is 5.39. The van der Waals surface area contributed by atoms with Gasteiger partial charge >= 0.3 is 0 Å². The van der Waals surface area contributed by atoms with Crippen LogP contribution in [0.2, 0.25) is 0 Å². The molecule has 1 rings (SSSR count). The second kappa shape index (κ2) is 4.04. The molecule has 0 N–H and O–H groups in total. The lowest BCUT2D eigenvalue weighted by Gasteiger charge is -2.20. The summed E-state index contributed by atoms with van der Waals surface area (Å²) in [4.78, 5) is 0. The molecule has 0 unspecified atom stereocenters. The smallest absolute Gasteiger partial charge is 0.122 e. The summed E-state index contributed by atoms with van der Waals surface area (Å²) in [6.45, 7) is 8.79. The molecule has 14 heavy (non-hydrogen) atoms. The molecular formula is C13H20O. The lowest BCUT2D eigenvalue weighted by Crippen LogP contribution is -2.11. The Morgan fingerprint density at radius 3 is 2.29 bits per heavy atom. The summed E-state index contributed by atoms with van der Waals surface area (Å²) in [5.41, 5.74) is 2.80. The molecule has 1 nitrogen and oxygen atoms in total. The molecule has 0 bridgehead atoms. The average Bonchev–Trinajstić information content (AvgIpc) is 2.15. The lowest BCUT2D eigenvalue weighted by molar-refractivity contribution is 0.408. The summed E-state index contributed by atoms with van der Waals surface area (Å²) in [6, 6.07) is 6.51. The van der Waals surface area contributed by atoms with Gasteiger partial charge in [0.1, 0.15) is 5.75 Å². The van der Waals surface area contributed by atoms with Crippen LogP contribution < -0.4 is 4.74 Å². The summed E-state index contributed by atoms with van der Waals surface area (Å²) in [5.74, 6) is 1.01. The largest absolute Gasteiger partial charge is 0.496 e. The van der Waals surface area contributed by atoms with Gasteiger partial charge < -0.3 is 4.74 Å². The van der Waals surface area contributed by atoms with Crippen LogP contribution in [0.25, 0.3) is 0 Å². The van der Waals surface area contributed by atoms with E-state index in [9.17, 15) is 0 Å². The molecule has 1 aromatic carbocycles. The van der Waals surface area contributed by atoms with Crippen LogP contribution in [-0.4, -0.2) is 7.11 Å². The molecule has 0 atom stereocenters. The van der Waals surface area contributed by atoms with Gasteiger partial charge in [0, 0.05) is 0 Å². The lowest BCUT2D eigenvalue weighted by atomic mass is 9.86. The maximum atomic E-state index is 5.37. The number of methoxy groups -OCH3 is 1. The van der Waals surface area contributed by atoms with Crippen LogP contribution in [0.4, 0.5) is 0 Å². The standard InChI is InChI=1S/C13H20O/c1-6-10-7-8-11(13(2,3)4)9-12(10)14-5/h7-9H,6H2,1-5H3. The highest BCUT2D eigenvalue weighted by atomic mass is 16.5. The van der Waals surface area contributed by atoms with E-state index in [1.807, 2.05) is 0 Å². The van der Waals surface area contributed by atoms with Gasteiger partial charge in [-0.3, -0.25) is 0 Å². The Hall–Kier alpha value is -0.980. The van der Waals surface area contributed by atoms with Crippen LogP contribution in [0, 0.1) is 0 Å². The second-order valence-electron chi connectivity index (χ2n) is 4.63. The van der Waals surface area contributed by atoms with E-state index in [0.29, 0.717) is 0 Å². The van der Waals surface area contributed by atoms with Crippen molar-refractivity contribution in [1.29, 1.82) is 0 Å². The zero-order chi connectivity index (χ0) is 10.8. The van der Waals surface area contributed by atoms with Crippen LogP contribution in [-0.2, 0) is 11.8 Å². The number of hydrogen-bond donors (Lipinski definition) is 0. The molecule has 0 aliphatic carbocycles. The first-order valence-electron chi connectivity index (χ1n) is 5.16. The van der Waals surface area contributed by atoms with Gasteiger partial charge in [-0.05, 0) is 29.0 Å². The van der Waals surface area contributed by atoms with Crippen molar-refractivity contribution in [2.75, 3.05) is 7.11 Å². The molecule has 0 heterocycles. The molecule has 0 aliphatic rings. The first-order valence-corrected chi connectivity index (χ1v) is 5.16. The summed E-state index contributed by atoms with van der Waals surface area (Å²) < 4.78 is 5.37. The first-order chi connectivity index (χ1) is 6.49. The van der Waals surface area contributed by atoms with Crippen molar-refractivity contribution in [1.82, 2.24) is 0 Å². The zero-order valence-corrected chi connectivity index (χ0v) is 9.85. The fourth-order valence-corrected chi connectivity index (χ4v) is 1.50. The van der Waals surface area contributed by atoms with Crippen molar-refractivity contribution in [3.05, 3.63) is 29.3 Å². The average molecular weight is 192 g/mol. The van der Waals surface area contributed by atoms with Crippen LogP contribution in [0.1, 0.15) is 38.8 Å². The van der Waals surface area contributed by atoms with Crippen molar-refractivity contribution in [2.45, 2.75) is 39.5 Å². The molecule has 0 spiro atoms. The molecule has 0 fully saturated rings. The van der Waals surface area contributed by atoms with Crippen LogP contribution in [0.15, 0.2) is 18.2 Å². The third-order valence-electron chi connectivity index (χ3n) is 2.53. The Kier molecular flexibility index (Phi) is 3.20. The van der Waals surface area contributed by atoms with E-state index in [0.717, 1.165) is 12.2 Å². The van der Waals surface area contributed by atoms with E-state index in [1.54, 1.807) is 7.11 Å². The van der Waals surface area contributed by atoms with Crippen molar-refractivity contribution in [3.63, 3.8) is 0 Å². The molecule has 0 saturated heterocycles. The Morgan fingerprint density at radius 2 is 1.86 bits per heavy atom. The van der Waals surface area contributed by atoms with Gasteiger partial charge in [0.15, 0.2) is 0 Å². The highest BCUT2D eigenvalue weighted by Gasteiger charge is 2.15. The maximum absolute atomic E-state index is 5.37. The summed E-state index contributed by atoms with van der Waals surface area (Å²) in [7, 11) is 1.74. The summed E-state index contributed by atoms with van der Waals surface area (Å²) >= 11 is 0. The number of rotatable bonds is 2. The number of aryl methyl sites for hydroxylation is 1. The quantitative estimate of drug-likeness (QED) is 0.696. The molecule has 1 aromatic rings. The van der Waals surface area contributed by atoms with Gasteiger partial charge in [0.25, 0.3) is 0 Å². The Labute approximate surface area is 87.1 Å². The van der Waals surface area contributed by atoms with E-state index in [-0.39, 0.29) is 5.41 Å².